The molecule has 2 heterocycles. The lowest BCUT2D eigenvalue weighted by atomic mass is 10.1. The average Bonchev–Trinajstić information content (AvgIpc) is 2.57. The third-order valence-electron chi connectivity index (χ3n) is 2.57. The highest BCUT2D eigenvalue weighted by molar-refractivity contribution is 5.95. The number of amides is 1. The molecule has 1 amide bonds. The van der Waals surface area contributed by atoms with Crippen molar-refractivity contribution in [3.63, 3.8) is 0 Å². The Morgan fingerprint density at radius 1 is 1.53 bits per heavy atom. The molecule has 6 nitrogen and oxygen atoms in total. The van der Waals surface area contributed by atoms with Gasteiger partial charge in [0.2, 0.25) is 5.91 Å². The van der Waals surface area contributed by atoms with Crippen molar-refractivity contribution in [2.24, 2.45) is 0 Å². The second kappa shape index (κ2) is 3.51. The first kappa shape index (κ1) is 11.5. The van der Waals surface area contributed by atoms with Crippen molar-refractivity contribution >= 4 is 17.7 Å². The van der Waals surface area contributed by atoms with E-state index < -0.39 is 11.6 Å². The molecule has 0 radical (unpaired) electrons. The van der Waals surface area contributed by atoms with E-state index in [2.05, 4.69) is 4.98 Å². The number of carboxylic acid groups (broad SMARTS) is 1. The Balaban J connectivity index is 2.49. The third-order valence-corrected chi connectivity index (χ3v) is 2.57. The van der Waals surface area contributed by atoms with Crippen LogP contribution in [0, 0.1) is 0 Å². The van der Waals surface area contributed by atoms with E-state index in [1.54, 1.807) is 0 Å². The standard InChI is InChI=1S/C11H14N2O4/c1-6(14)13-5-11(2,3)17-8-4-7(10(15)16)12-9(8)13/h4,12H,5H2,1-3H3,(H,15,16). The quantitative estimate of drug-likeness (QED) is 0.771. The molecule has 1 aromatic heterocycles. The van der Waals surface area contributed by atoms with Gasteiger partial charge in [0, 0.05) is 13.0 Å². The van der Waals surface area contributed by atoms with Crippen molar-refractivity contribution in [2.45, 2.75) is 26.4 Å². The van der Waals surface area contributed by atoms with Crippen LogP contribution in [0.1, 0.15) is 31.3 Å². The minimum Gasteiger partial charge on any atom is -0.482 e. The van der Waals surface area contributed by atoms with Gasteiger partial charge in [-0.3, -0.25) is 9.69 Å². The summed E-state index contributed by atoms with van der Waals surface area (Å²) < 4.78 is 5.64. The minimum absolute atomic E-state index is 0.0129. The van der Waals surface area contributed by atoms with Crippen LogP contribution in [0.5, 0.6) is 5.75 Å². The molecular formula is C11H14N2O4. The zero-order valence-corrected chi connectivity index (χ0v) is 9.90. The maximum atomic E-state index is 11.5. The van der Waals surface area contributed by atoms with Gasteiger partial charge in [-0.15, -0.1) is 0 Å². The molecule has 0 bridgehead atoms. The fraction of sp³-hybridized carbons (Fsp3) is 0.455. The number of anilines is 1. The van der Waals surface area contributed by atoms with E-state index in [9.17, 15) is 9.59 Å². The van der Waals surface area contributed by atoms with E-state index in [4.69, 9.17) is 9.84 Å². The summed E-state index contributed by atoms with van der Waals surface area (Å²) in [5.41, 5.74) is -0.518. The molecule has 0 aromatic carbocycles. The molecule has 0 aliphatic carbocycles. The first-order chi connectivity index (χ1) is 7.80. The van der Waals surface area contributed by atoms with Gasteiger partial charge in [0.05, 0.1) is 6.54 Å². The van der Waals surface area contributed by atoms with Crippen LogP contribution < -0.4 is 9.64 Å². The summed E-state index contributed by atoms with van der Waals surface area (Å²) in [6.07, 6.45) is 0. The second-order valence-corrected chi connectivity index (χ2v) is 4.67. The lowest BCUT2D eigenvalue weighted by Gasteiger charge is -2.37. The van der Waals surface area contributed by atoms with Crippen molar-refractivity contribution in [3.8, 4) is 5.75 Å². The van der Waals surface area contributed by atoms with Crippen LogP contribution in [-0.4, -0.2) is 34.1 Å². The highest BCUT2D eigenvalue weighted by Crippen LogP contribution is 2.37. The van der Waals surface area contributed by atoms with Crippen LogP contribution >= 0.6 is 0 Å². The number of rotatable bonds is 1. The number of H-pyrrole nitrogens is 1. The topological polar surface area (TPSA) is 82.6 Å². The number of ether oxygens (including phenoxy) is 1. The molecule has 0 saturated carbocycles. The van der Waals surface area contributed by atoms with Gasteiger partial charge in [0.15, 0.2) is 11.6 Å². The number of nitrogens with zero attached hydrogens (tertiary/aromatic N) is 1. The van der Waals surface area contributed by atoms with Crippen LogP contribution in [0.3, 0.4) is 0 Å². The lowest BCUT2D eigenvalue weighted by molar-refractivity contribution is -0.117. The molecule has 0 atom stereocenters. The molecule has 1 aromatic rings. The summed E-state index contributed by atoms with van der Waals surface area (Å²) in [6, 6.07) is 1.40. The Hall–Kier alpha value is -1.98. The Morgan fingerprint density at radius 2 is 2.18 bits per heavy atom. The Kier molecular flexibility index (Phi) is 2.38. The molecule has 0 spiro atoms. The molecule has 1 aliphatic rings. The summed E-state index contributed by atoms with van der Waals surface area (Å²) >= 11 is 0. The molecule has 6 heteroatoms. The largest absolute Gasteiger partial charge is 0.482 e. The number of aromatic carboxylic acids is 1. The first-order valence-electron chi connectivity index (χ1n) is 5.23. The predicted molar refractivity (Wildman–Crippen MR) is 60.5 cm³/mol. The summed E-state index contributed by atoms with van der Waals surface area (Å²) in [5, 5.41) is 8.90. The molecule has 2 N–H and O–H groups in total. The van der Waals surface area contributed by atoms with E-state index in [1.807, 2.05) is 13.8 Å². The summed E-state index contributed by atoms with van der Waals surface area (Å²) in [5.74, 6) is -0.422. The van der Waals surface area contributed by atoms with E-state index in [0.29, 0.717) is 18.1 Å². The minimum atomic E-state index is -1.08. The number of fused-ring (bicyclic) bond motifs is 1. The van der Waals surface area contributed by atoms with Crippen LogP contribution in [0.25, 0.3) is 0 Å². The first-order valence-corrected chi connectivity index (χ1v) is 5.23. The summed E-state index contributed by atoms with van der Waals surface area (Å²) in [7, 11) is 0. The van der Waals surface area contributed by atoms with Crippen LogP contribution in [0.15, 0.2) is 6.07 Å². The van der Waals surface area contributed by atoms with E-state index in [1.165, 1.54) is 17.9 Å². The fourth-order valence-electron chi connectivity index (χ4n) is 1.88. The molecule has 1 aliphatic heterocycles. The van der Waals surface area contributed by atoms with Gasteiger partial charge in [0.1, 0.15) is 11.3 Å². The van der Waals surface area contributed by atoms with Crippen molar-refractivity contribution in [1.29, 1.82) is 0 Å². The van der Waals surface area contributed by atoms with Crippen molar-refractivity contribution in [3.05, 3.63) is 11.8 Å². The van der Waals surface area contributed by atoms with Gasteiger partial charge in [-0.2, -0.15) is 0 Å². The average molecular weight is 238 g/mol. The van der Waals surface area contributed by atoms with Crippen LogP contribution in [-0.2, 0) is 4.79 Å². The second-order valence-electron chi connectivity index (χ2n) is 4.67. The number of nitrogens with one attached hydrogen (secondary N) is 1. The number of hydrogen-bond acceptors (Lipinski definition) is 3. The van der Waals surface area contributed by atoms with Gasteiger partial charge in [-0.05, 0) is 13.8 Å². The number of aromatic nitrogens is 1. The molecule has 2 rings (SSSR count). The highest BCUT2D eigenvalue weighted by atomic mass is 16.5. The zero-order chi connectivity index (χ0) is 12.8. The molecule has 0 fully saturated rings. The van der Waals surface area contributed by atoms with Gasteiger partial charge in [0.25, 0.3) is 0 Å². The van der Waals surface area contributed by atoms with Gasteiger partial charge in [-0.25, -0.2) is 4.79 Å². The Labute approximate surface area is 98.2 Å². The maximum Gasteiger partial charge on any atom is 0.352 e. The van der Waals surface area contributed by atoms with Gasteiger partial charge in [-0.1, -0.05) is 0 Å². The number of carbonyl (C=O) groups is 2. The molecule has 0 saturated heterocycles. The molecule has 0 unspecified atom stereocenters. The number of carbonyl (C=O) groups excluding carboxylic acids is 1. The molecule has 92 valence electrons. The summed E-state index contributed by atoms with van der Waals surface area (Å²) in [6.45, 7) is 5.51. The smallest absolute Gasteiger partial charge is 0.352 e. The predicted octanol–water partition coefficient (Wildman–Crippen LogP) is 1.24. The Bertz CT molecular complexity index is 490. The van der Waals surface area contributed by atoms with Crippen LogP contribution in [0.2, 0.25) is 0 Å². The van der Waals surface area contributed by atoms with Gasteiger partial charge >= 0.3 is 5.97 Å². The normalized spacial score (nSPS) is 17.2. The maximum absolute atomic E-state index is 11.5. The SMILES string of the molecule is CC(=O)N1CC(C)(C)Oc2cc(C(=O)O)[nH]c21. The van der Waals surface area contributed by atoms with Gasteiger partial charge < -0.3 is 14.8 Å². The van der Waals surface area contributed by atoms with Crippen LogP contribution in [0.4, 0.5) is 5.82 Å². The zero-order valence-electron chi connectivity index (χ0n) is 9.90. The van der Waals surface area contributed by atoms with E-state index in [0.717, 1.165) is 0 Å². The number of aromatic amines is 1. The summed E-state index contributed by atoms with van der Waals surface area (Å²) in [4.78, 5) is 26.6. The van der Waals surface area contributed by atoms with Crippen molar-refractivity contribution in [1.82, 2.24) is 4.98 Å². The van der Waals surface area contributed by atoms with E-state index >= 15 is 0 Å². The molecule has 17 heavy (non-hydrogen) atoms. The highest BCUT2D eigenvalue weighted by Gasteiger charge is 2.35. The molecular weight excluding hydrogens is 224 g/mol. The number of carboxylic acids is 1. The van der Waals surface area contributed by atoms with Crippen molar-refractivity contribution in [2.75, 3.05) is 11.4 Å². The third kappa shape index (κ3) is 1.98. The fourth-order valence-corrected chi connectivity index (χ4v) is 1.88. The Morgan fingerprint density at radius 3 is 2.71 bits per heavy atom. The lowest BCUT2D eigenvalue weighted by Crippen LogP contribution is -2.48. The number of hydrogen-bond donors (Lipinski definition) is 2. The van der Waals surface area contributed by atoms with Crippen molar-refractivity contribution < 1.29 is 19.4 Å². The monoisotopic (exact) mass is 238 g/mol. The van der Waals surface area contributed by atoms with E-state index in [-0.39, 0.29) is 11.6 Å².